The second kappa shape index (κ2) is 6.18. The summed E-state index contributed by atoms with van der Waals surface area (Å²) >= 11 is 5.99. The van der Waals surface area contributed by atoms with E-state index >= 15 is 0 Å². The normalized spacial score (nSPS) is 11.9. The van der Waals surface area contributed by atoms with Gasteiger partial charge in [-0.2, -0.15) is 0 Å². The average molecular weight is 333 g/mol. The first-order valence-electron chi connectivity index (χ1n) is 6.81. The monoisotopic (exact) mass is 332 g/mol. The summed E-state index contributed by atoms with van der Waals surface area (Å²) in [5, 5.41) is 5.33. The summed E-state index contributed by atoms with van der Waals surface area (Å²) < 4.78 is 10.4. The highest BCUT2D eigenvalue weighted by Crippen LogP contribution is 2.32. The molecule has 7 heteroatoms. The third-order valence-corrected chi connectivity index (χ3v) is 3.70. The molecule has 0 saturated carbocycles. The zero-order valence-corrected chi connectivity index (χ0v) is 12.9. The maximum absolute atomic E-state index is 12.1. The SMILES string of the molecule is Cc1ccc(NC(=O)NC(=O)c2ccc3c(c2)OCO3)cc1Cl. The van der Waals surface area contributed by atoms with E-state index in [0.717, 1.165) is 5.56 Å². The summed E-state index contributed by atoms with van der Waals surface area (Å²) in [6.07, 6.45) is 0. The van der Waals surface area contributed by atoms with Crippen molar-refractivity contribution in [1.82, 2.24) is 5.32 Å². The number of imide groups is 1. The van der Waals surface area contributed by atoms with Gasteiger partial charge in [-0.1, -0.05) is 17.7 Å². The molecule has 0 atom stereocenters. The zero-order chi connectivity index (χ0) is 16.4. The largest absolute Gasteiger partial charge is 0.454 e. The molecule has 2 aromatic rings. The van der Waals surface area contributed by atoms with Crippen LogP contribution in [0.2, 0.25) is 5.02 Å². The smallest absolute Gasteiger partial charge is 0.326 e. The molecular formula is C16H13ClN2O4. The number of nitrogens with one attached hydrogen (secondary N) is 2. The van der Waals surface area contributed by atoms with Crippen LogP contribution in [0.15, 0.2) is 36.4 Å². The van der Waals surface area contributed by atoms with Crippen molar-refractivity contribution in [3.8, 4) is 11.5 Å². The van der Waals surface area contributed by atoms with E-state index < -0.39 is 11.9 Å². The lowest BCUT2D eigenvalue weighted by Gasteiger charge is -2.08. The molecule has 0 radical (unpaired) electrons. The Bertz CT molecular complexity index is 792. The minimum absolute atomic E-state index is 0.120. The molecule has 23 heavy (non-hydrogen) atoms. The molecule has 0 aromatic heterocycles. The Morgan fingerprint density at radius 2 is 1.87 bits per heavy atom. The quantitative estimate of drug-likeness (QED) is 0.884. The zero-order valence-electron chi connectivity index (χ0n) is 12.2. The van der Waals surface area contributed by atoms with Gasteiger partial charge in [0.15, 0.2) is 11.5 Å². The lowest BCUT2D eigenvalue weighted by atomic mass is 10.2. The number of ether oxygens (including phenoxy) is 2. The van der Waals surface area contributed by atoms with E-state index in [9.17, 15) is 9.59 Å². The summed E-state index contributed by atoms with van der Waals surface area (Å²) in [4.78, 5) is 24.0. The minimum Gasteiger partial charge on any atom is -0.454 e. The number of rotatable bonds is 2. The maximum atomic E-state index is 12.1. The van der Waals surface area contributed by atoms with E-state index in [1.807, 2.05) is 6.92 Å². The van der Waals surface area contributed by atoms with Gasteiger partial charge in [-0.25, -0.2) is 4.79 Å². The van der Waals surface area contributed by atoms with Crippen molar-refractivity contribution in [3.63, 3.8) is 0 Å². The predicted molar refractivity (Wildman–Crippen MR) is 85.2 cm³/mol. The van der Waals surface area contributed by atoms with Gasteiger partial charge in [-0.15, -0.1) is 0 Å². The number of benzene rings is 2. The van der Waals surface area contributed by atoms with Gasteiger partial charge < -0.3 is 14.8 Å². The Morgan fingerprint density at radius 3 is 2.65 bits per heavy atom. The number of aryl methyl sites for hydroxylation is 1. The fourth-order valence-corrected chi connectivity index (χ4v) is 2.23. The molecular weight excluding hydrogens is 320 g/mol. The van der Waals surface area contributed by atoms with Gasteiger partial charge in [0, 0.05) is 16.3 Å². The first-order valence-corrected chi connectivity index (χ1v) is 7.19. The van der Waals surface area contributed by atoms with E-state index in [1.165, 1.54) is 6.07 Å². The van der Waals surface area contributed by atoms with Crippen LogP contribution in [0.3, 0.4) is 0 Å². The van der Waals surface area contributed by atoms with Crippen molar-refractivity contribution in [3.05, 3.63) is 52.5 Å². The van der Waals surface area contributed by atoms with Crippen molar-refractivity contribution >= 4 is 29.2 Å². The van der Waals surface area contributed by atoms with Gasteiger partial charge >= 0.3 is 6.03 Å². The molecule has 0 saturated heterocycles. The maximum Gasteiger partial charge on any atom is 0.326 e. The standard InChI is InChI=1S/C16H13ClN2O4/c1-9-2-4-11(7-12(9)17)18-16(21)19-15(20)10-3-5-13-14(6-10)23-8-22-13/h2-7H,8H2,1H3,(H2,18,19,20,21). The van der Waals surface area contributed by atoms with Crippen LogP contribution in [-0.2, 0) is 0 Å². The van der Waals surface area contributed by atoms with Gasteiger partial charge in [-0.05, 0) is 42.8 Å². The predicted octanol–water partition coefficient (Wildman–Crippen LogP) is 3.34. The molecule has 1 aliphatic rings. The second-order valence-electron chi connectivity index (χ2n) is 4.94. The Balaban J connectivity index is 1.65. The van der Waals surface area contributed by atoms with Crippen molar-refractivity contribution in [2.24, 2.45) is 0 Å². The third-order valence-electron chi connectivity index (χ3n) is 3.29. The fraction of sp³-hybridized carbons (Fsp3) is 0.125. The van der Waals surface area contributed by atoms with E-state index in [-0.39, 0.29) is 6.79 Å². The molecule has 118 valence electrons. The van der Waals surface area contributed by atoms with Crippen LogP contribution in [0, 0.1) is 6.92 Å². The number of hydrogen-bond donors (Lipinski definition) is 2. The first kappa shape index (κ1) is 15.2. The fourth-order valence-electron chi connectivity index (χ4n) is 2.05. The van der Waals surface area contributed by atoms with E-state index in [2.05, 4.69) is 10.6 Å². The number of anilines is 1. The minimum atomic E-state index is -0.646. The third kappa shape index (κ3) is 3.37. The summed E-state index contributed by atoms with van der Waals surface area (Å²) in [5.74, 6) is 0.502. The molecule has 2 aromatic carbocycles. The van der Waals surface area contributed by atoms with Gasteiger partial charge in [-0.3, -0.25) is 10.1 Å². The van der Waals surface area contributed by atoms with E-state index in [0.29, 0.717) is 27.8 Å². The van der Waals surface area contributed by atoms with Gasteiger partial charge in [0.1, 0.15) is 0 Å². The Kier molecular flexibility index (Phi) is 4.08. The van der Waals surface area contributed by atoms with Crippen LogP contribution in [0.4, 0.5) is 10.5 Å². The van der Waals surface area contributed by atoms with E-state index in [4.69, 9.17) is 21.1 Å². The molecule has 1 aliphatic heterocycles. The Morgan fingerprint density at radius 1 is 1.09 bits per heavy atom. The number of urea groups is 1. The van der Waals surface area contributed by atoms with Crippen molar-refractivity contribution < 1.29 is 19.1 Å². The van der Waals surface area contributed by atoms with Gasteiger partial charge in [0.2, 0.25) is 6.79 Å². The lowest BCUT2D eigenvalue weighted by Crippen LogP contribution is -2.34. The van der Waals surface area contributed by atoms with E-state index in [1.54, 1.807) is 30.3 Å². The van der Waals surface area contributed by atoms with Crippen LogP contribution in [0.1, 0.15) is 15.9 Å². The highest BCUT2D eigenvalue weighted by Gasteiger charge is 2.17. The number of carbonyl (C=O) groups is 2. The average Bonchev–Trinajstić information content (AvgIpc) is 2.98. The molecule has 6 nitrogen and oxygen atoms in total. The second-order valence-corrected chi connectivity index (χ2v) is 5.35. The first-order chi connectivity index (χ1) is 11.0. The van der Waals surface area contributed by atoms with Crippen LogP contribution in [-0.4, -0.2) is 18.7 Å². The number of halogens is 1. The van der Waals surface area contributed by atoms with Crippen LogP contribution in [0.5, 0.6) is 11.5 Å². The summed E-state index contributed by atoms with van der Waals surface area (Å²) in [6.45, 7) is 1.98. The molecule has 1 heterocycles. The van der Waals surface area contributed by atoms with Crippen LogP contribution < -0.4 is 20.1 Å². The molecule has 0 unspecified atom stereocenters. The molecule has 0 aliphatic carbocycles. The highest BCUT2D eigenvalue weighted by atomic mass is 35.5. The Hall–Kier alpha value is -2.73. The van der Waals surface area contributed by atoms with Crippen LogP contribution >= 0.6 is 11.6 Å². The highest BCUT2D eigenvalue weighted by molar-refractivity contribution is 6.31. The Labute approximate surface area is 137 Å². The van der Waals surface area contributed by atoms with Crippen LogP contribution in [0.25, 0.3) is 0 Å². The topological polar surface area (TPSA) is 76.7 Å². The number of fused-ring (bicyclic) bond motifs is 1. The number of hydrogen-bond acceptors (Lipinski definition) is 4. The molecule has 2 N–H and O–H groups in total. The molecule has 0 spiro atoms. The molecule has 0 bridgehead atoms. The number of carbonyl (C=O) groups excluding carboxylic acids is 2. The lowest BCUT2D eigenvalue weighted by molar-refractivity contribution is 0.0966. The van der Waals surface area contributed by atoms with Crippen molar-refractivity contribution in [1.29, 1.82) is 0 Å². The summed E-state index contributed by atoms with van der Waals surface area (Å²) in [5.41, 5.74) is 1.69. The summed E-state index contributed by atoms with van der Waals surface area (Å²) in [7, 11) is 0. The molecule has 0 fully saturated rings. The molecule has 3 amide bonds. The van der Waals surface area contributed by atoms with Crippen molar-refractivity contribution in [2.75, 3.05) is 12.1 Å². The summed E-state index contributed by atoms with van der Waals surface area (Å²) in [6, 6.07) is 9.14. The molecule has 3 rings (SSSR count). The van der Waals surface area contributed by atoms with Crippen molar-refractivity contribution in [2.45, 2.75) is 6.92 Å². The van der Waals surface area contributed by atoms with Gasteiger partial charge in [0.05, 0.1) is 0 Å². The number of amides is 3. The van der Waals surface area contributed by atoms with Gasteiger partial charge in [0.25, 0.3) is 5.91 Å².